The van der Waals surface area contributed by atoms with Gasteiger partial charge in [0.15, 0.2) is 0 Å². The van der Waals surface area contributed by atoms with Gasteiger partial charge in [0.2, 0.25) is 0 Å². The molecule has 1 amide bonds. The highest BCUT2D eigenvalue weighted by Crippen LogP contribution is 2.25. The third-order valence-electron chi connectivity index (χ3n) is 4.67. The molecule has 166 valence electrons. The molecule has 0 atom stereocenters. The standard InChI is InChI=1S/C21H28N6O4/c1-14(2)30-16-6-4-15(5-7-16)26-21(28)31-17-8-10-27(11-9-17)20-18(12-25-29-3)19(22)23-13-24-20/h4-7,12-14,17H,8-11H2,1-3H3,(H,26,28)(H2,22,23,24)/b25-12+. The summed E-state index contributed by atoms with van der Waals surface area (Å²) in [5, 5.41) is 6.53. The Labute approximate surface area is 181 Å². The van der Waals surface area contributed by atoms with Gasteiger partial charge in [-0.15, -0.1) is 0 Å². The number of nitrogens with one attached hydrogen (secondary N) is 1. The van der Waals surface area contributed by atoms with E-state index in [1.807, 2.05) is 26.0 Å². The van der Waals surface area contributed by atoms with Gasteiger partial charge < -0.3 is 24.9 Å². The fourth-order valence-corrected chi connectivity index (χ4v) is 3.25. The van der Waals surface area contributed by atoms with E-state index in [1.165, 1.54) is 19.7 Å². The van der Waals surface area contributed by atoms with Crippen LogP contribution >= 0.6 is 0 Å². The molecule has 3 N–H and O–H groups in total. The van der Waals surface area contributed by atoms with Crippen molar-refractivity contribution in [3.63, 3.8) is 0 Å². The number of piperidine rings is 1. The molecule has 1 aromatic heterocycles. The van der Waals surface area contributed by atoms with Crippen molar-refractivity contribution in [2.45, 2.75) is 38.9 Å². The maximum absolute atomic E-state index is 12.3. The zero-order valence-electron chi connectivity index (χ0n) is 17.9. The quantitative estimate of drug-likeness (QED) is 0.509. The van der Waals surface area contributed by atoms with Crippen LogP contribution in [0.2, 0.25) is 0 Å². The number of hydrogen-bond acceptors (Lipinski definition) is 9. The molecule has 0 radical (unpaired) electrons. The van der Waals surface area contributed by atoms with E-state index in [0.717, 1.165) is 5.75 Å². The van der Waals surface area contributed by atoms with Gasteiger partial charge in [-0.05, 0) is 38.1 Å². The van der Waals surface area contributed by atoms with E-state index in [-0.39, 0.29) is 12.2 Å². The van der Waals surface area contributed by atoms with E-state index in [0.29, 0.717) is 48.8 Å². The second kappa shape index (κ2) is 10.5. The zero-order chi connectivity index (χ0) is 22.2. The first-order valence-corrected chi connectivity index (χ1v) is 10.1. The largest absolute Gasteiger partial charge is 0.491 e. The number of oxime groups is 1. The van der Waals surface area contributed by atoms with Crippen LogP contribution in [0.5, 0.6) is 5.75 Å². The summed E-state index contributed by atoms with van der Waals surface area (Å²) < 4.78 is 11.2. The molecule has 0 bridgehead atoms. The lowest BCUT2D eigenvalue weighted by molar-refractivity contribution is 0.0950. The summed E-state index contributed by atoms with van der Waals surface area (Å²) in [6.45, 7) is 5.23. The highest BCUT2D eigenvalue weighted by molar-refractivity contribution is 5.91. The third kappa shape index (κ3) is 6.21. The predicted octanol–water partition coefficient (Wildman–Crippen LogP) is 3.04. The Morgan fingerprint density at radius 2 is 1.97 bits per heavy atom. The number of nitrogens with two attached hydrogens (primary N) is 1. The molecule has 1 aromatic carbocycles. The molecule has 3 rings (SSSR count). The molecule has 0 aliphatic carbocycles. The van der Waals surface area contributed by atoms with Gasteiger partial charge >= 0.3 is 6.09 Å². The van der Waals surface area contributed by atoms with Gasteiger partial charge in [0.1, 0.15) is 36.9 Å². The molecule has 1 aliphatic heterocycles. The number of aromatic nitrogens is 2. The first-order valence-electron chi connectivity index (χ1n) is 10.1. The average molecular weight is 428 g/mol. The molecule has 1 saturated heterocycles. The minimum Gasteiger partial charge on any atom is -0.491 e. The van der Waals surface area contributed by atoms with Crippen molar-refractivity contribution >= 4 is 29.6 Å². The summed E-state index contributed by atoms with van der Waals surface area (Å²) in [5.74, 6) is 1.76. The number of carbonyl (C=O) groups is 1. The minimum atomic E-state index is -0.477. The highest BCUT2D eigenvalue weighted by atomic mass is 16.6. The number of benzene rings is 1. The fraction of sp³-hybridized carbons (Fsp3) is 0.429. The van der Waals surface area contributed by atoms with Gasteiger partial charge in [-0.1, -0.05) is 5.16 Å². The molecular weight excluding hydrogens is 400 g/mol. The lowest BCUT2D eigenvalue weighted by Gasteiger charge is -2.33. The van der Waals surface area contributed by atoms with Crippen molar-refractivity contribution in [1.29, 1.82) is 0 Å². The Hall–Kier alpha value is -3.56. The van der Waals surface area contributed by atoms with Gasteiger partial charge in [-0.25, -0.2) is 14.8 Å². The van der Waals surface area contributed by atoms with E-state index < -0.39 is 6.09 Å². The Kier molecular flexibility index (Phi) is 7.47. The highest BCUT2D eigenvalue weighted by Gasteiger charge is 2.25. The number of nitrogens with zero attached hydrogens (tertiary/aromatic N) is 4. The molecular formula is C21H28N6O4. The van der Waals surface area contributed by atoms with Crippen LogP contribution in [-0.2, 0) is 9.57 Å². The van der Waals surface area contributed by atoms with Gasteiger partial charge in [0, 0.05) is 31.6 Å². The number of hydrogen-bond donors (Lipinski definition) is 2. The summed E-state index contributed by atoms with van der Waals surface area (Å²) in [4.78, 5) is 27.4. The molecule has 10 heteroatoms. The van der Waals surface area contributed by atoms with Gasteiger partial charge in [-0.2, -0.15) is 0 Å². The molecule has 1 aliphatic rings. The van der Waals surface area contributed by atoms with Crippen molar-refractivity contribution < 1.29 is 19.1 Å². The van der Waals surface area contributed by atoms with Gasteiger partial charge in [-0.3, -0.25) is 5.32 Å². The molecule has 0 spiro atoms. The summed E-state index contributed by atoms with van der Waals surface area (Å²) >= 11 is 0. The summed E-state index contributed by atoms with van der Waals surface area (Å²) in [6.07, 6.45) is 3.68. The van der Waals surface area contributed by atoms with Gasteiger partial charge in [0.05, 0.1) is 17.9 Å². The molecule has 0 unspecified atom stereocenters. The summed E-state index contributed by atoms with van der Waals surface area (Å²) in [7, 11) is 1.46. The predicted molar refractivity (Wildman–Crippen MR) is 119 cm³/mol. The van der Waals surface area contributed by atoms with Crippen LogP contribution < -0.4 is 20.7 Å². The Balaban J connectivity index is 1.52. The van der Waals surface area contributed by atoms with Crippen LogP contribution in [0.4, 0.5) is 22.1 Å². The minimum absolute atomic E-state index is 0.0942. The van der Waals surface area contributed by atoms with Crippen LogP contribution in [0.3, 0.4) is 0 Å². The number of rotatable bonds is 7. The van der Waals surface area contributed by atoms with E-state index in [1.54, 1.807) is 12.1 Å². The first-order chi connectivity index (χ1) is 15.0. The number of anilines is 3. The molecule has 2 aromatic rings. The number of carbonyl (C=O) groups excluding carboxylic acids is 1. The number of ether oxygens (including phenoxy) is 2. The Morgan fingerprint density at radius 1 is 1.26 bits per heavy atom. The monoisotopic (exact) mass is 428 g/mol. The van der Waals surface area contributed by atoms with Gasteiger partial charge in [0.25, 0.3) is 0 Å². The van der Waals surface area contributed by atoms with Crippen LogP contribution in [0.25, 0.3) is 0 Å². The van der Waals surface area contributed by atoms with Crippen LogP contribution in [0, 0.1) is 0 Å². The second-order valence-corrected chi connectivity index (χ2v) is 7.32. The maximum Gasteiger partial charge on any atom is 0.411 e. The molecule has 31 heavy (non-hydrogen) atoms. The summed E-state index contributed by atoms with van der Waals surface area (Å²) in [5.41, 5.74) is 7.21. The Morgan fingerprint density at radius 3 is 2.61 bits per heavy atom. The maximum atomic E-state index is 12.3. The Bertz CT molecular complexity index is 895. The first kappa shape index (κ1) is 22.1. The molecule has 2 heterocycles. The van der Waals surface area contributed by atoms with Crippen molar-refractivity contribution in [3.8, 4) is 5.75 Å². The van der Waals surface area contributed by atoms with Crippen molar-refractivity contribution in [3.05, 3.63) is 36.2 Å². The van der Waals surface area contributed by atoms with Crippen LogP contribution in [-0.4, -0.2) is 54.7 Å². The van der Waals surface area contributed by atoms with E-state index in [2.05, 4.69) is 25.3 Å². The fourth-order valence-electron chi connectivity index (χ4n) is 3.25. The smallest absolute Gasteiger partial charge is 0.411 e. The van der Waals surface area contributed by atoms with E-state index in [9.17, 15) is 4.79 Å². The van der Waals surface area contributed by atoms with Crippen LogP contribution in [0.1, 0.15) is 32.3 Å². The molecule has 1 fully saturated rings. The normalized spacial score (nSPS) is 14.6. The molecule has 10 nitrogen and oxygen atoms in total. The average Bonchev–Trinajstić information content (AvgIpc) is 2.74. The lowest BCUT2D eigenvalue weighted by Crippen LogP contribution is -2.39. The van der Waals surface area contributed by atoms with E-state index in [4.69, 9.17) is 20.0 Å². The van der Waals surface area contributed by atoms with Crippen molar-refractivity contribution in [1.82, 2.24) is 9.97 Å². The topological polar surface area (TPSA) is 124 Å². The van der Waals surface area contributed by atoms with E-state index >= 15 is 0 Å². The zero-order valence-corrected chi connectivity index (χ0v) is 17.9. The van der Waals surface area contributed by atoms with Crippen LogP contribution in [0.15, 0.2) is 35.7 Å². The lowest BCUT2D eigenvalue weighted by atomic mass is 10.1. The molecule has 0 saturated carbocycles. The number of nitrogen functional groups attached to an aromatic ring is 1. The SMILES string of the molecule is CO/N=C/c1c(N)ncnc1N1CCC(OC(=O)Nc2ccc(OC(C)C)cc2)CC1. The van der Waals surface area contributed by atoms with Crippen molar-refractivity contribution in [2.75, 3.05) is 36.1 Å². The third-order valence-corrected chi connectivity index (χ3v) is 4.67. The summed E-state index contributed by atoms with van der Waals surface area (Å²) in [6, 6.07) is 7.19. The second-order valence-electron chi connectivity index (χ2n) is 7.32. The number of amides is 1. The van der Waals surface area contributed by atoms with Crippen molar-refractivity contribution in [2.24, 2.45) is 5.16 Å².